The SMILES string of the molecule is CCCCCC/C=C\CCCC(=O)NC(COP(=O)([O-])OCC[N+](C)(C)C)C(O)CCCCCCCCCCCCCCCCCCCCCCCCC. The summed E-state index contributed by atoms with van der Waals surface area (Å²) in [6, 6.07) is -0.810. The molecule has 0 radical (unpaired) electrons. The van der Waals surface area contributed by atoms with Gasteiger partial charge in [0.15, 0.2) is 0 Å². The average molecular weight is 787 g/mol. The van der Waals surface area contributed by atoms with E-state index in [1.165, 1.54) is 154 Å². The van der Waals surface area contributed by atoms with Gasteiger partial charge in [0, 0.05) is 6.42 Å². The highest BCUT2D eigenvalue weighted by Gasteiger charge is 2.24. The maximum absolute atomic E-state index is 12.8. The molecule has 8 nitrogen and oxygen atoms in total. The summed E-state index contributed by atoms with van der Waals surface area (Å²) in [4.78, 5) is 25.2. The fourth-order valence-corrected chi connectivity index (χ4v) is 7.53. The van der Waals surface area contributed by atoms with Crippen LogP contribution in [0.15, 0.2) is 12.2 Å². The van der Waals surface area contributed by atoms with Gasteiger partial charge in [-0.15, -0.1) is 0 Å². The van der Waals surface area contributed by atoms with E-state index in [0.717, 1.165) is 32.1 Å². The molecule has 0 rings (SSSR count). The highest BCUT2D eigenvalue weighted by atomic mass is 31.2. The van der Waals surface area contributed by atoms with Crippen molar-refractivity contribution in [3.8, 4) is 0 Å². The number of amides is 1. The summed E-state index contributed by atoms with van der Waals surface area (Å²) < 4.78 is 23.2. The van der Waals surface area contributed by atoms with Crippen molar-refractivity contribution in [1.82, 2.24) is 5.32 Å². The molecule has 2 N–H and O–H groups in total. The van der Waals surface area contributed by atoms with E-state index in [1.807, 2.05) is 21.1 Å². The van der Waals surface area contributed by atoms with Crippen LogP contribution in [-0.2, 0) is 18.4 Å². The van der Waals surface area contributed by atoms with Crippen molar-refractivity contribution in [2.24, 2.45) is 0 Å². The number of rotatable bonds is 42. The fraction of sp³-hybridized carbons (Fsp3) is 0.933. The Morgan fingerprint density at radius 2 is 1.02 bits per heavy atom. The topological polar surface area (TPSA) is 108 Å². The summed E-state index contributed by atoms with van der Waals surface area (Å²) in [6.07, 6.45) is 42.4. The van der Waals surface area contributed by atoms with Gasteiger partial charge in [-0.05, 0) is 32.1 Å². The number of quaternary nitrogens is 1. The minimum atomic E-state index is -4.56. The number of phosphoric acid groups is 1. The lowest BCUT2D eigenvalue weighted by atomic mass is 10.0. The summed E-state index contributed by atoms with van der Waals surface area (Å²) in [6.45, 7) is 4.67. The third-order valence-corrected chi connectivity index (χ3v) is 11.5. The van der Waals surface area contributed by atoms with Crippen LogP contribution in [0.3, 0.4) is 0 Å². The van der Waals surface area contributed by atoms with Crippen LogP contribution in [0.5, 0.6) is 0 Å². The molecular weight excluding hydrogens is 695 g/mol. The predicted octanol–water partition coefficient (Wildman–Crippen LogP) is 12.1. The van der Waals surface area contributed by atoms with Gasteiger partial charge in [-0.25, -0.2) is 0 Å². The van der Waals surface area contributed by atoms with E-state index in [4.69, 9.17) is 9.05 Å². The number of nitrogens with one attached hydrogen (secondary N) is 1. The van der Waals surface area contributed by atoms with E-state index in [1.54, 1.807) is 0 Å². The summed E-state index contributed by atoms with van der Waals surface area (Å²) >= 11 is 0. The minimum absolute atomic E-state index is 0.00941. The van der Waals surface area contributed by atoms with Crippen molar-refractivity contribution < 1.29 is 32.9 Å². The van der Waals surface area contributed by atoms with E-state index in [0.29, 0.717) is 30.3 Å². The zero-order chi connectivity index (χ0) is 40.0. The van der Waals surface area contributed by atoms with Crippen LogP contribution < -0.4 is 10.2 Å². The second kappa shape index (κ2) is 37.8. The van der Waals surface area contributed by atoms with Crippen molar-refractivity contribution in [2.75, 3.05) is 40.9 Å². The van der Waals surface area contributed by atoms with E-state index in [9.17, 15) is 19.4 Å². The van der Waals surface area contributed by atoms with Crippen LogP contribution in [0, 0.1) is 0 Å². The van der Waals surface area contributed by atoms with Gasteiger partial charge in [0.25, 0.3) is 7.82 Å². The third-order valence-electron chi connectivity index (χ3n) is 10.5. The lowest BCUT2D eigenvalue weighted by Gasteiger charge is -2.30. The van der Waals surface area contributed by atoms with E-state index in [-0.39, 0.29) is 19.1 Å². The summed E-state index contributed by atoms with van der Waals surface area (Å²) in [5.74, 6) is -0.199. The number of hydrogen-bond donors (Lipinski definition) is 2. The van der Waals surface area contributed by atoms with Crippen LogP contribution in [0.4, 0.5) is 0 Å². The van der Waals surface area contributed by atoms with Gasteiger partial charge in [0.05, 0.1) is 39.9 Å². The molecule has 54 heavy (non-hydrogen) atoms. The smallest absolute Gasteiger partial charge is 0.268 e. The van der Waals surface area contributed by atoms with E-state index >= 15 is 0 Å². The van der Waals surface area contributed by atoms with Gasteiger partial charge in [-0.3, -0.25) is 9.36 Å². The largest absolute Gasteiger partial charge is 0.756 e. The maximum Gasteiger partial charge on any atom is 0.268 e. The summed E-state index contributed by atoms with van der Waals surface area (Å²) in [5, 5.41) is 13.9. The van der Waals surface area contributed by atoms with Crippen LogP contribution in [0.25, 0.3) is 0 Å². The Hall–Kier alpha value is -0.760. The zero-order valence-corrected chi connectivity index (χ0v) is 37.3. The molecule has 0 bridgehead atoms. The van der Waals surface area contributed by atoms with Gasteiger partial charge < -0.3 is 28.8 Å². The van der Waals surface area contributed by atoms with Crippen LogP contribution in [0.1, 0.15) is 219 Å². The van der Waals surface area contributed by atoms with Crippen molar-refractivity contribution >= 4 is 13.7 Å². The van der Waals surface area contributed by atoms with Crippen LogP contribution in [-0.4, -0.2) is 68.5 Å². The molecule has 9 heteroatoms. The Morgan fingerprint density at radius 1 is 0.630 bits per heavy atom. The first kappa shape index (κ1) is 53.2. The molecule has 0 aromatic rings. The van der Waals surface area contributed by atoms with Crippen molar-refractivity contribution in [1.29, 1.82) is 0 Å². The molecule has 3 unspecified atom stereocenters. The number of unbranched alkanes of at least 4 members (excludes halogenated alkanes) is 27. The molecule has 0 aromatic carbocycles. The average Bonchev–Trinajstić information content (AvgIpc) is 3.12. The Kier molecular flexibility index (Phi) is 37.3. The number of aliphatic hydroxyl groups is 1. The normalized spacial score (nSPS) is 14.4. The Bertz CT molecular complexity index is 896. The molecule has 0 saturated carbocycles. The molecule has 0 aliphatic heterocycles. The van der Waals surface area contributed by atoms with Gasteiger partial charge in [-0.1, -0.05) is 193 Å². The Labute approximate surface area is 335 Å². The number of carbonyl (C=O) groups is 1. The summed E-state index contributed by atoms with van der Waals surface area (Å²) in [5.41, 5.74) is 0. The number of phosphoric ester groups is 1. The van der Waals surface area contributed by atoms with Crippen molar-refractivity contribution in [2.45, 2.75) is 231 Å². The van der Waals surface area contributed by atoms with E-state index < -0.39 is 20.0 Å². The number of aliphatic hydroxyl groups excluding tert-OH is 1. The molecule has 0 aromatic heterocycles. The molecule has 0 aliphatic carbocycles. The number of nitrogens with zero attached hydrogens (tertiary/aromatic N) is 1. The second-order valence-corrected chi connectivity index (χ2v) is 18.5. The standard InChI is InChI=1S/C45H91N2O6P/c1-6-8-10-12-14-16-17-18-19-20-21-22-23-24-25-26-27-28-29-31-32-34-36-38-44(48)43(42-53-54(50,51)52-41-40-47(3,4)5)46-45(49)39-37-35-33-30-15-13-11-9-7-2/h30,33,43-44,48H,6-29,31-32,34-42H2,1-5H3,(H-,46,49,50,51)/b33-30-. The molecule has 0 heterocycles. The zero-order valence-electron chi connectivity index (χ0n) is 36.4. The molecular formula is C45H91N2O6P. The molecule has 1 amide bonds. The lowest BCUT2D eigenvalue weighted by Crippen LogP contribution is -2.46. The maximum atomic E-state index is 12.8. The number of likely N-dealkylation sites (N-methyl/N-ethyl adjacent to an activating group) is 1. The van der Waals surface area contributed by atoms with Crippen molar-refractivity contribution in [3.63, 3.8) is 0 Å². The monoisotopic (exact) mass is 787 g/mol. The first-order valence-corrected chi connectivity index (χ1v) is 24.5. The third kappa shape index (κ3) is 39.5. The highest BCUT2D eigenvalue weighted by molar-refractivity contribution is 7.45. The van der Waals surface area contributed by atoms with Gasteiger partial charge in [0.2, 0.25) is 5.91 Å². The van der Waals surface area contributed by atoms with Gasteiger partial charge >= 0.3 is 0 Å². The second-order valence-electron chi connectivity index (χ2n) is 17.1. The predicted molar refractivity (Wildman–Crippen MR) is 229 cm³/mol. The first-order valence-electron chi connectivity index (χ1n) is 23.0. The number of carbonyl (C=O) groups excluding carboxylic acids is 1. The molecule has 0 aliphatic rings. The molecule has 0 spiro atoms. The highest BCUT2D eigenvalue weighted by Crippen LogP contribution is 2.38. The molecule has 0 saturated heterocycles. The van der Waals surface area contributed by atoms with Gasteiger partial charge in [0.1, 0.15) is 13.2 Å². The van der Waals surface area contributed by atoms with Gasteiger partial charge in [-0.2, -0.15) is 0 Å². The molecule has 3 atom stereocenters. The Morgan fingerprint density at radius 3 is 1.44 bits per heavy atom. The van der Waals surface area contributed by atoms with E-state index in [2.05, 4.69) is 31.3 Å². The van der Waals surface area contributed by atoms with Crippen molar-refractivity contribution in [3.05, 3.63) is 12.2 Å². The minimum Gasteiger partial charge on any atom is -0.756 e. The first-order chi connectivity index (χ1) is 26.0. The Balaban J connectivity index is 4.17. The number of hydrogen-bond acceptors (Lipinski definition) is 6. The van der Waals surface area contributed by atoms with Crippen LogP contribution >= 0.6 is 7.82 Å². The quantitative estimate of drug-likeness (QED) is 0.0276. The summed E-state index contributed by atoms with van der Waals surface area (Å²) in [7, 11) is 1.29. The number of allylic oxidation sites excluding steroid dienone is 2. The molecule has 322 valence electrons. The lowest BCUT2D eigenvalue weighted by molar-refractivity contribution is -0.870. The van der Waals surface area contributed by atoms with Crippen LogP contribution in [0.2, 0.25) is 0 Å². The fourth-order valence-electron chi connectivity index (χ4n) is 6.81. The molecule has 0 fully saturated rings.